The standard InChI is InChI=1S/C12H19N3OS/c1-9-11(8-16)17-12(13-9)15(3)7-10-5-4-6-14(10)2/h8,10H,4-7H2,1-3H3. The van der Waals surface area contributed by atoms with E-state index in [1.165, 1.54) is 30.7 Å². The van der Waals surface area contributed by atoms with Crippen molar-refractivity contribution in [1.29, 1.82) is 0 Å². The number of aromatic nitrogens is 1. The number of anilines is 1. The zero-order valence-electron chi connectivity index (χ0n) is 10.6. The fourth-order valence-corrected chi connectivity index (χ4v) is 3.12. The fraction of sp³-hybridized carbons (Fsp3) is 0.667. The summed E-state index contributed by atoms with van der Waals surface area (Å²) in [7, 11) is 4.23. The number of carbonyl (C=O) groups excluding carboxylic acids is 1. The Bertz CT molecular complexity index is 404. The zero-order valence-corrected chi connectivity index (χ0v) is 11.5. The van der Waals surface area contributed by atoms with Gasteiger partial charge in [0.2, 0.25) is 0 Å². The molecular weight excluding hydrogens is 234 g/mol. The summed E-state index contributed by atoms with van der Waals surface area (Å²) in [6, 6.07) is 0.615. The van der Waals surface area contributed by atoms with Crippen LogP contribution in [0.4, 0.5) is 5.13 Å². The van der Waals surface area contributed by atoms with Gasteiger partial charge in [-0.1, -0.05) is 11.3 Å². The number of aryl methyl sites for hydroxylation is 1. The van der Waals surface area contributed by atoms with E-state index >= 15 is 0 Å². The molecule has 0 N–H and O–H groups in total. The summed E-state index contributed by atoms with van der Waals surface area (Å²) in [6.07, 6.45) is 3.43. The summed E-state index contributed by atoms with van der Waals surface area (Å²) >= 11 is 1.48. The van der Waals surface area contributed by atoms with Crippen molar-refractivity contribution in [3.63, 3.8) is 0 Å². The van der Waals surface area contributed by atoms with Gasteiger partial charge in [-0.2, -0.15) is 0 Å². The Hall–Kier alpha value is -0.940. The Morgan fingerprint density at radius 2 is 2.41 bits per heavy atom. The molecule has 0 bridgehead atoms. The van der Waals surface area contributed by atoms with Gasteiger partial charge in [0, 0.05) is 19.6 Å². The number of aldehydes is 1. The maximum absolute atomic E-state index is 10.8. The Kier molecular flexibility index (Phi) is 3.79. The highest BCUT2D eigenvalue weighted by molar-refractivity contribution is 7.17. The molecule has 1 aliphatic heterocycles. The Balaban J connectivity index is 2.03. The molecule has 1 aliphatic rings. The number of hydrogen-bond acceptors (Lipinski definition) is 5. The second kappa shape index (κ2) is 5.14. The van der Waals surface area contributed by atoms with E-state index in [4.69, 9.17) is 0 Å². The van der Waals surface area contributed by atoms with E-state index in [-0.39, 0.29) is 0 Å². The third-order valence-corrected chi connectivity index (χ3v) is 4.61. The van der Waals surface area contributed by atoms with Gasteiger partial charge in [-0.25, -0.2) is 4.98 Å². The molecular formula is C12H19N3OS. The van der Waals surface area contributed by atoms with Crippen LogP contribution in [0.2, 0.25) is 0 Å². The van der Waals surface area contributed by atoms with E-state index in [2.05, 4.69) is 28.9 Å². The molecule has 2 heterocycles. The molecule has 1 atom stereocenters. The minimum atomic E-state index is 0.615. The second-order valence-corrected chi connectivity index (χ2v) is 5.73. The zero-order chi connectivity index (χ0) is 12.4. The van der Waals surface area contributed by atoms with Crippen LogP contribution >= 0.6 is 11.3 Å². The summed E-state index contributed by atoms with van der Waals surface area (Å²) in [4.78, 5) is 20.6. The number of hydrogen-bond donors (Lipinski definition) is 0. The molecule has 1 saturated heterocycles. The van der Waals surface area contributed by atoms with Gasteiger partial charge in [0.05, 0.1) is 10.6 Å². The van der Waals surface area contributed by atoms with Crippen molar-refractivity contribution >= 4 is 22.8 Å². The van der Waals surface area contributed by atoms with Crippen molar-refractivity contribution in [2.75, 3.05) is 32.1 Å². The van der Waals surface area contributed by atoms with Crippen molar-refractivity contribution in [2.45, 2.75) is 25.8 Å². The van der Waals surface area contributed by atoms with Crippen molar-refractivity contribution in [3.8, 4) is 0 Å². The molecule has 5 heteroatoms. The molecule has 94 valence electrons. The molecule has 0 spiro atoms. The number of carbonyl (C=O) groups is 1. The van der Waals surface area contributed by atoms with Crippen molar-refractivity contribution in [1.82, 2.24) is 9.88 Å². The lowest BCUT2D eigenvalue weighted by atomic mass is 10.2. The molecule has 0 aromatic carbocycles. The molecule has 4 nitrogen and oxygen atoms in total. The van der Waals surface area contributed by atoms with Crippen LogP contribution in [0.1, 0.15) is 28.2 Å². The number of thiazole rings is 1. The van der Waals surface area contributed by atoms with E-state index in [1.54, 1.807) is 0 Å². The number of likely N-dealkylation sites (N-methyl/N-ethyl adjacent to an activating group) is 2. The van der Waals surface area contributed by atoms with Crippen LogP contribution < -0.4 is 4.90 Å². The van der Waals surface area contributed by atoms with E-state index in [1.807, 2.05) is 6.92 Å². The van der Waals surface area contributed by atoms with Crippen LogP contribution in [-0.2, 0) is 0 Å². The third kappa shape index (κ3) is 2.66. The molecule has 1 unspecified atom stereocenters. The van der Waals surface area contributed by atoms with E-state index in [0.29, 0.717) is 6.04 Å². The number of rotatable bonds is 4. The maximum atomic E-state index is 10.8. The van der Waals surface area contributed by atoms with Gasteiger partial charge in [0.15, 0.2) is 11.4 Å². The molecule has 1 aromatic heterocycles. The van der Waals surface area contributed by atoms with E-state index < -0.39 is 0 Å². The van der Waals surface area contributed by atoms with Crippen molar-refractivity contribution in [2.24, 2.45) is 0 Å². The highest BCUT2D eigenvalue weighted by Gasteiger charge is 2.23. The first-order valence-electron chi connectivity index (χ1n) is 5.96. The van der Waals surface area contributed by atoms with Gasteiger partial charge in [-0.05, 0) is 33.4 Å². The average molecular weight is 253 g/mol. The molecule has 2 rings (SSSR count). The van der Waals surface area contributed by atoms with Gasteiger partial charge < -0.3 is 9.80 Å². The molecule has 0 radical (unpaired) electrons. The molecule has 0 saturated carbocycles. The van der Waals surface area contributed by atoms with E-state index in [9.17, 15) is 4.79 Å². The van der Waals surface area contributed by atoms with Crippen molar-refractivity contribution in [3.05, 3.63) is 10.6 Å². The summed E-state index contributed by atoms with van der Waals surface area (Å²) in [5.41, 5.74) is 0.839. The normalized spacial score (nSPS) is 20.8. The number of likely N-dealkylation sites (tertiary alicyclic amines) is 1. The first kappa shape index (κ1) is 12.5. The molecule has 1 aromatic rings. The Morgan fingerprint density at radius 3 is 2.94 bits per heavy atom. The largest absolute Gasteiger partial charge is 0.350 e. The lowest BCUT2D eigenvalue weighted by Crippen LogP contribution is -2.36. The molecule has 0 amide bonds. The smallest absolute Gasteiger partial charge is 0.185 e. The molecule has 0 aliphatic carbocycles. The third-order valence-electron chi connectivity index (χ3n) is 3.41. The Labute approximate surface area is 106 Å². The first-order valence-corrected chi connectivity index (χ1v) is 6.77. The quantitative estimate of drug-likeness (QED) is 0.767. The van der Waals surface area contributed by atoms with Crippen LogP contribution in [0.25, 0.3) is 0 Å². The minimum Gasteiger partial charge on any atom is -0.350 e. The van der Waals surface area contributed by atoms with Crippen LogP contribution in [-0.4, -0.2) is 49.4 Å². The van der Waals surface area contributed by atoms with Gasteiger partial charge in [-0.3, -0.25) is 4.79 Å². The highest BCUT2D eigenvalue weighted by atomic mass is 32.1. The topological polar surface area (TPSA) is 36.4 Å². The summed E-state index contributed by atoms with van der Waals surface area (Å²) in [5.74, 6) is 0. The predicted molar refractivity (Wildman–Crippen MR) is 71.2 cm³/mol. The predicted octanol–water partition coefficient (Wildman–Crippen LogP) is 1.79. The Morgan fingerprint density at radius 1 is 1.65 bits per heavy atom. The van der Waals surface area contributed by atoms with Crippen LogP contribution in [0, 0.1) is 6.92 Å². The SMILES string of the molecule is Cc1nc(N(C)CC2CCCN2C)sc1C=O. The van der Waals surface area contributed by atoms with Crippen LogP contribution in [0.15, 0.2) is 0 Å². The summed E-state index contributed by atoms with van der Waals surface area (Å²) in [5, 5.41) is 0.949. The van der Waals surface area contributed by atoms with Crippen molar-refractivity contribution < 1.29 is 4.79 Å². The fourth-order valence-electron chi connectivity index (χ4n) is 2.27. The lowest BCUT2D eigenvalue weighted by Gasteiger charge is -2.25. The summed E-state index contributed by atoms with van der Waals surface area (Å²) in [6.45, 7) is 4.07. The summed E-state index contributed by atoms with van der Waals surface area (Å²) < 4.78 is 0. The highest BCUT2D eigenvalue weighted by Crippen LogP contribution is 2.25. The second-order valence-electron chi connectivity index (χ2n) is 4.72. The minimum absolute atomic E-state index is 0.615. The lowest BCUT2D eigenvalue weighted by molar-refractivity contribution is 0.112. The monoisotopic (exact) mass is 253 g/mol. The molecule has 17 heavy (non-hydrogen) atoms. The van der Waals surface area contributed by atoms with E-state index in [0.717, 1.165) is 28.5 Å². The molecule has 1 fully saturated rings. The van der Waals surface area contributed by atoms with Gasteiger partial charge >= 0.3 is 0 Å². The van der Waals surface area contributed by atoms with Crippen LogP contribution in [0.3, 0.4) is 0 Å². The first-order chi connectivity index (χ1) is 8.11. The van der Waals surface area contributed by atoms with Gasteiger partial charge in [0.25, 0.3) is 0 Å². The maximum Gasteiger partial charge on any atom is 0.185 e. The van der Waals surface area contributed by atoms with Gasteiger partial charge in [0.1, 0.15) is 0 Å². The van der Waals surface area contributed by atoms with Gasteiger partial charge in [-0.15, -0.1) is 0 Å². The average Bonchev–Trinajstić information content (AvgIpc) is 2.86. The van der Waals surface area contributed by atoms with Crippen LogP contribution in [0.5, 0.6) is 0 Å². The number of nitrogens with zero attached hydrogens (tertiary/aromatic N) is 3.